The van der Waals surface area contributed by atoms with E-state index in [0.717, 1.165) is 103 Å². The topological polar surface area (TPSA) is 177 Å². The van der Waals surface area contributed by atoms with Crippen molar-refractivity contribution >= 4 is 6.08 Å². The lowest BCUT2D eigenvalue weighted by atomic mass is 9.66. The van der Waals surface area contributed by atoms with Crippen molar-refractivity contribution in [3.05, 3.63) is 111 Å². The molecule has 8 atom stereocenters. The van der Waals surface area contributed by atoms with Gasteiger partial charge in [0.05, 0.1) is 18.8 Å². The van der Waals surface area contributed by atoms with E-state index in [-0.39, 0.29) is 30.9 Å². The number of H-pyrrole nitrogens is 1. The molecule has 0 unspecified atom stereocenters. The van der Waals surface area contributed by atoms with Gasteiger partial charge < -0.3 is 50.7 Å². The number of hydrogen-bond acceptors (Lipinski definition) is 9. The molecule has 2 heterocycles. The molecule has 2 aromatic heterocycles. The normalized spacial score (nSPS) is 23.9. The first-order chi connectivity index (χ1) is 30.6. The summed E-state index contributed by atoms with van der Waals surface area (Å²) in [6, 6.07) is 17.6. The van der Waals surface area contributed by atoms with Gasteiger partial charge in [-0.1, -0.05) is 81.0 Å². The van der Waals surface area contributed by atoms with E-state index in [2.05, 4.69) is 28.5 Å². The van der Waals surface area contributed by atoms with Crippen molar-refractivity contribution in [3.8, 4) is 11.5 Å². The van der Waals surface area contributed by atoms with Crippen molar-refractivity contribution in [1.82, 2.24) is 10.3 Å². The monoisotopic (exact) mass is 864 g/mol. The number of aliphatic hydroxyl groups is 4. The quantitative estimate of drug-likeness (QED) is 0.0380. The predicted molar refractivity (Wildman–Crippen MR) is 247 cm³/mol. The number of hydrogen-bond donors (Lipinski definition) is 8. The fourth-order valence-corrected chi connectivity index (χ4v) is 12.0. The Morgan fingerprint density at radius 3 is 2.60 bits per heavy atom. The molecule has 0 aliphatic heterocycles. The van der Waals surface area contributed by atoms with Gasteiger partial charge in [0.15, 0.2) is 11.5 Å². The summed E-state index contributed by atoms with van der Waals surface area (Å²) < 4.78 is 12.4. The van der Waals surface area contributed by atoms with Crippen LogP contribution in [-0.4, -0.2) is 62.4 Å². The van der Waals surface area contributed by atoms with Crippen LogP contribution in [-0.2, 0) is 32.3 Å². The Morgan fingerprint density at radius 1 is 0.952 bits per heavy atom. The number of aryl methyl sites for hydroxylation is 3. The molecule has 0 amide bonds. The van der Waals surface area contributed by atoms with E-state index in [9.17, 15) is 25.5 Å². The standard InChI is InChI=1S/C53H73N3O7/c1-34(58)30-55-31-44-42-14-10-15-45(42)53(23-8-9-24-53)29-47-43(44)28-46(56-47)49(60)33-62-51-25-35(18-22-48(51)59)17-21-40-27-38(32-57)50(63-40)16-5-3-2-4-12-39(54)26-37-20-19-36-11-6-7-13-41(36)52(37)61/h6-7,11,13,18-20,22,25,27-28,34,37,39,42,44-45,49,52,55-61H,2-5,8-10,12,14-17,21,23-24,26,29-33,54H2,1H3/t34-,37-,39-,42-,44-,45-,49-,52-/m0/s1. The number of phenols is 1. The zero-order valence-corrected chi connectivity index (χ0v) is 37.4. The fraction of sp³-hybridized carbons (Fsp3) is 0.585. The summed E-state index contributed by atoms with van der Waals surface area (Å²) in [4.78, 5) is 3.69. The van der Waals surface area contributed by atoms with Crippen molar-refractivity contribution < 1.29 is 34.7 Å². The van der Waals surface area contributed by atoms with Crippen LogP contribution in [0.25, 0.3) is 6.08 Å². The summed E-state index contributed by atoms with van der Waals surface area (Å²) in [7, 11) is 0. The Hall–Kier alpha value is -3.90. The minimum absolute atomic E-state index is 0.00437. The van der Waals surface area contributed by atoms with Gasteiger partial charge >= 0.3 is 0 Å². The minimum Gasteiger partial charge on any atom is -0.504 e. The van der Waals surface area contributed by atoms with Gasteiger partial charge in [0, 0.05) is 60.8 Å². The lowest BCUT2D eigenvalue weighted by Gasteiger charge is -2.39. The Bertz CT molecular complexity index is 2120. The first kappa shape index (κ1) is 45.7. The van der Waals surface area contributed by atoms with Crippen molar-refractivity contribution in [2.24, 2.45) is 28.9 Å². The fourth-order valence-electron chi connectivity index (χ4n) is 12.0. The van der Waals surface area contributed by atoms with Crippen LogP contribution in [0.15, 0.2) is 65.1 Å². The maximum absolute atomic E-state index is 11.5. The highest BCUT2D eigenvalue weighted by atomic mass is 16.5. The summed E-state index contributed by atoms with van der Waals surface area (Å²) in [5.74, 6) is 3.73. The molecule has 1 spiro atoms. The van der Waals surface area contributed by atoms with Gasteiger partial charge in [-0.2, -0.15) is 0 Å². The number of aromatic hydroxyl groups is 1. The average molecular weight is 864 g/mol. The van der Waals surface area contributed by atoms with Crippen LogP contribution in [0, 0.1) is 23.2 Å². The lowest BCUT2D eigenvalue weighted by Crippen LogP contribution is -2.36. The third kappa shape index (κ3) is 10.8. The van der Waals surface area contributed by atoms with Crippen LogP contribution in [0.5, 0.6) is 11.5 Å². The van der Waals surface area contributed by atoms with Crippen LogP contribution >= 0.6 is 0 Å². The Labute approximate surface area is 374 Å². The molecule has 0 bridgehead atoms. The minimum atomic E-state index is -0.890. The Balaban J connectivity index is 0.807. The molecule has 4 aliphatic carbocycles. The molecule has 63 heavy (non-hydrogen) atoms. The van der Waals surface area contributed by atoms with Crippen molar-refractivity contribution in [2.45, 2.75) is 153 Å². The largest absolute Gasteiger partial charge is 0.504 e. The van der Waals surface area contributed by atoms with E-state index >= 15 is 0 Å². The van der Waals surface area contributed by atoms with Crippen molar-refractivity contribution in [2.75, 3.05) is 19.7 Å². The Kier molecular flexibility index (Phi) is 15.2. The number of fused-ring (bicyclic) bond motifs is 4. The van der Waals surface area contributed by atoms with E-state index in [0.29, 0.717) is 42.4 Å². The zero-order valence-electron chi connectivity index (χ0n) is 37.4. The number of phenolic OH excluding ortho intramolecular Hbond substituents is 1. The number of furan rings is 1. The SMILES string of the molecule is C[C@H](O)CNC[C@@H]1c2cc([C@@H](O)COc3cc(CCc4cc(CO)c(CCCCCC[C@H](N)C[C@@H]5C=Cc6ccccc6[C@H]5O)o4)ccc3O)[nH]c2CC2(CCCC2)[C@H]2CCC[C@@H]12. The van der Waals surface area contributed by atoms with Gasteiger partial charge in [0.25, 0.3) is 0 Å². The maximum Gasteiger partial charge on any atom is 0.161 e. The number of nitrogens with one attached hydrogen (secondary N) is 2. The van der Waals surface area contributed by atoms with Gasteiger partial charge in [-0.15, -0.1) is 0 Å². The number of aromatic amines is 1. The zero-order chi connectivity index (χ0) is 43.9. The Morgan fingerprint density at radius 2 is 1.78 bits per heavy atom. The third-order valence-corrected chi connectivity index (χ3v) is 15.3. The highest BCUT2D eigenvalue weighted by molar-refractivity contribution is 5.57. The van der Waals surface area contributed by atoms with E-state index in [4.69, 9.17) is 14.9 Å². The maximum atomic E-state index is 11.5. The molecule has 2 saturated carbocycles. The van der Waals surface area contributed by atoms with Gasteiger partial charge in [-0.05, 0) is 128 Å². The lowest BCUT2D eigenvalue weighted by molar-refractivity contribution is 0.101. The molecule has 8 rings (SSSR count). The van der Waals surface area contributed by atoms with Crippen LogP contribution in [0.2, 0.25) is 0 Å². The summed E-state index contributed by atoms with van der Waals surface area (Å²) in [5, 5.41) is 56.9. The first-order valence-corrected chi connectivity index (χ1v) is 24.3. The van der Waals surface area contributed by atoms with E-state index < -0.39 is 18.3 Å². The summed E-state index contributed by atoms with van der Waals surface area (Å²) in [6.45, 7) is 3.15. The number of nitrogens with two attached hydrogens (primary N) is 1. The summed E-state index contributed by atoms with van der Waals surface area (Å²) in [6.07, 6.45) is 20.3. The molecule has 0 saturated heterocycles. The number of ether oxygens (including phenoxy) is 1. The summed E-state index contributed by atoms with van der Waals surface area (Å²) in [5.41, 5.74) is 14.0. The molecular weight excluding hydrogens is 791 g/mol. The second-order valence-corrected chi connectivity index (χ2v) is 19.7. The molecule has 10 nitrogen and oxygen atoms in total. The average Bonchev–Trinajstić information content (AvgIpc) is 4.11. The van der Waals surface area contributed by atoms with Crippen LogP contribution < -0.4 is 15.8 Å². The second kappa shape index (κ2) is 20.9. The number of unbranched alkanes of at least 4 members (excludes halogenated alkanes) is 3. The summed E-state index contributed by atoms with van der Waals surface area (Å²) >= 11 is 0. The molecule has 4 aromatic rings. The molecule has 4 aliphatic rings. The molecule has 9 N–H and O–H groups in total. The number of aliphatic hydroxyl groups excluding tert-OH is 4. The first-order valence-electron chi connectivity index (χ1n) is 24.3. The molecular formula is C53H73N3O7. The van der Waals surface area contributed by atoms with E-state index in [1.54, 1.807) is 6.07 Å². The molecule has 2 fully saturated rings. The highest BCUT2D eigenvalue weighted by Gasteiger charge is 2.51. The predicted octanol–water partition coefficient (Wildman–Crippen LogP) is 8.88. The van der Waals surface area contributed by atoms with Crippen LogP contribution in [0.1, 0.15) is 159 Å². The number of benzene rings is 2. The van der Waals surface area contributed by atoms with Crippen LogP contribution in [0.4, 0.5) is 0 Å². The van der Waals surface area contributed by atoms with Gasteiger partial charge in [-0.3, -0.25) is 0 Å². The van der Waals surface area contributed by atoms with E-state index in [1.807, 2.05) is 49.4 Å². The molecule has 0 radical (unpaired) electrons. The highest BCUT2D eigenvalue weighted by Crippen LogP contribution is 2.60. The second-order valence-electron chi connectivity index (χ2n) is 19.7. The third-order valence-electron chi connectivity index (χ3n) is 15.3. The molecule has 2 aromatic carbocycles. The number of aromatic nitrogens is 1. The van der Waals surface area contributed by atoms with Crippen molar-refractivity contribution in [3.63, 3.8) is 0 Å². The van der Waals surface area contributed by atoms with Gasteiger partial charge in [0.2, 0.25) is 0 Å². The number of rotatable bonds is 21. The van der Waals surface area contributed by atoms with Crippen LogP contribution in [0.3, 0.4) is 0 Å². The smallest absolute Gasteiger partial charge is 0.161 e. The van der Waals surface area contributed by atoms with E-state index in [1.165, 1.54) is 56.2 Å². The molecule has 10 heteroatoms. The van der Waals surface area contributed by atoms with Gasteiger partial charge in [0.1, 0.15) is 24.2 Å². The molecule has 342 valence electrons. The van der Waals surface area contributed by atoms with Gasteiger partial charge in [-0.25, -0.2) is 0 Å². The van der Waals surface area contributed by atoms with Crippen molar-refractivity contribution in [1.29, 1.82) is 0 Å².